The van der Waals surface area contributed by atoms with Crippen LogP contribution >= 0.6 is 0 Å². The van der Waals surface area contributed by atoms with E-state index in [1.807, 2.05) is 0 Å². The van der Waals surface area contributed by atoms with Crippen molar-refractivity contribution in [2.75, 3.05) is 0 Å². The smallest absolute Gasteiger partial charge is 0.314 e. The Morgan fingerprint density at radius 3 is 2.62 bits per heavy atom. The first kappa shape index (κ1) is 4.36. The molecule has 0 N–H and O–H groups in total. The molecule has 0 aromatic heterocycles. The molecule has 0 aromatic carbocycles. The molecule has 0 spiro atoms. The van der Waals surface area contributed by atoms with Gasteiger partial charge in [-0.05, 0) is 18.8 Å². The zero-order valence-electron chi connectivity index (χ0n) is 4.46. The maximum atomic E-state index is 10.2. The van der Waals surface area contributed by atoms with Crippen molar-refractivity contribution in [3.05, 3.63) is 6.42 Å². The van der Waals surface area contributed by atoms with E-state index >= 15 is 0 Å². The summed E-state index contributed by atoms with van der Waals surface area (Å²) in [6.45, 7) is 0. The second kappa shape index (κ2) is 1.24. The molecule has 1 radical (unpaired) electrons. The molecule has 1 aliphatic heterocycles. The monoisotopic (exact) mass is 111 g/mol. The van der Waals surface area contributed by atoms with Crippen LogP contribution in [0, 0.1) is 12.3 Å². The van der Waals surface area contributed by atoms with Crippen molar-refractivity contribution in [3.8, 4) is 0 Å². The summed E-state index contributed by atoms with van der Waals surface area (Å²) >= 11 is 0. The van der Waals surface area contributed by atoms with Gasteiger partial charge in [-0.3, -0.25) is 4.79 Å². The van der Waals surface area contributed by atoms with Gasteiger partial charge in [0, 0.05) is 0 Å². The molecule has 1 unspecified atom stereocenters. The highest BCUT2D eigenvalue weighted by atomic mass is 16.6. The van der Waals surface area contributed by atoms with Crippen LogP contribution in [-0.4, -0.2) is 12.1 Å². The van der Waals surface area contributed by atoms with Crippen molar-refractivity contribution in [2.45, 2.75) is 18.9 Å². The number of cyclic esters (lactones) is 1. The van der Waals surface area contributed by atoms with Gasteiger partial charge in [0.05, 0.1) is 0 Å². The van der Waals surface area contributed by atoms with Gasteiger partial charge in [0.15, 0.2) is 0 Å². The van der Waals surface area contributed by atoms with Crippen LogP contribution in [0.25, 0.3) is 0 Å². The van der Waals surface area contributed by atoms with E-state index in [-0.39, 0.29) is 12.1 Å². The number of ether oxygens (including phenoxy) is 1. The van der Waals surface area contributed by atoms with Gasteiger partial charge in [0.1, 0.15) is 12.5 Å². The summed E-state index contributed by atoms with van der Waals surface area (Å²) < 4.78 is 4.77. The third-order valence-corrected chi connectivity index (χ3v) is 1.64. The Hall–Kier alpha value is -0.530. The van der Waals surface area contributed by atoms with Crippen molar-refractivity contribution in [1.29, 1.82) is 0 Å². The molecule has 2 aliphatic rings. The van der Waals surface area contributed by atoms with Crippen LogP contribution in [0.1, 0.15) is 12.8 Å². The molecular formula is C6H7O2. The number of carbonyl (C=O) groups is 1. The molecule has 2 nitrogen and oxygen atoms in total. The van der Waals surface area contributed by atoms with Crippen LogP contribution < -0.4 is 0 Å². The molecular weight excluding hydrogens is 104 g/mol. The molecule has 0 bridgehead atoms. The van der Waals surface area contributed by atoms with Gasteiger partial charge in [0.2, 0.25) is 0 Å². The minimum absolute atomic E-state index is 0.137. The first-order valence-electron chi connectivity index (χ1n) is 2.92. The van der Waals surface area contributed by atoms with Crippen LogP contribution in [0.4, 0.5) is 0 Å². The summed E-state index contributed by atoms with van der Waals surface area (Å²) in [5.74, 6) is 0.551. The van der Waals surface area contributed by atoms with E-state index in [2.05, 4.69) is 0 Å². The Morgan fingerprint density at radius 2 is 2.25 bits per heavy atom. The van der Waals surface area contributed by atoms with Crippen LogP contribution in [-0.2, 0) is 9.53 Å². The molecule has 8 heavy (non-hydrogen) atoms. The fraction of sp³-hybridized carbons (Fsp3) is 0.667. The van der Waals surface area contributed by atoms with E-state index in [0.717, 1.165) is 0 Å². The zero-order valence-corrected chi connectivity index (χ0v) is 4.46. The van der Waals surface area contributed by atoms with Gasteiger partial charge in [-0.2, -0.15) is 0 Å². The van der Waals surface area contributed by atoms with E-state index in [9.17, 15) is 4.79 Å². The molecule has 1 saturated heterocycles. The average Bonchev–Trinajstić information content (AvgIpc) is 2.37. The summed E-state index contributed by atoms with van der Waals surface area (Å²) in [5, 5.41) is 0. The lowest BCUT2D eigenvalue weighted by atomic mass is 10.1. The summed E-state index contributed by atoms with van der Waals surface area (Å²) in [6, 6.07) is 0. The highest BCUT2D eigenvalue weighted by Gasteiger charge is 2.41. The molecule has 0 amide bonds. The van der Waals surface area contributed by atoms with Gasteiger partial charge >= 0.3 is 5.97 Å². The van der Waals surface area contributed by atoms with Crippen LogP contribution in [0.2, 0.25) is 0 Å². The quantitative estimate of drug-likeness (QED) is 0.461. The number of rotatable bonds is 1. The molecule has 43 valence electrons. The predicted octanol–water partition coefficient (Wildman–Crippen LogP) is 0.526. The summed E-state index contributed by atoms with van der Waals surface area (Å²) in [7, 11) is 0. The van der Waals surface area contributed by atoms with Crippen molar-refractivity contribution in [1.82, 2.24) is 0 Å². The Morgan fingerprint density at radius 1 is 1.62 bits per heavy atom. The van der Waals surface area contributed by atoms with Crippen molar-refractivity contribution >= 4 is 5.97 Å². The lowest BCUT2D eigenvalue weighted by Gasteiger charge is -2.24. The minimum Gasteiger partial charge on any atom is -0.461 e. The van der Waals surface area contributed by atoms with Gasteiger partial charge in [-0.15, -0.1) is 0 Å². The lowest BCUT2D eigenvalue weighted by Crippen LogP contribution is -2.35. The van der Waals surface area contributed by atoms with Gasteiger partial charge < -0.3 is 4.74 Å². The summed E-state index contributed by atoms with van der Waals surface area (Å²) in [5.41, 5.74) is 0. The standard InChI is InChI=1S/C6H7O2/c7-6-3-5(8-6)4-1-2-4/h3-5H,1-2H2. The van der Waals surface area contributed by atoms with Crippen molar-refractivity contribution in [2.24, 2.45) is 5.92 Å². The minimum atomic E-state index is -0.137. The maximum Gasteiger partial charge on any atom is 0.314 e. The number of carbonyl (C=O) groups excluding carboxylic acids is 1. The van der Waals surface area contributed by atoms with Crippen LogP contribution in [0.3, 0.4) is 0 Å². The lowest BCUT2D eigenvalue weighted by molar-refractivity contribution is -0.158. The van der Waals surface area contributed by atoms with Crippen molar-refractivity contribution < 1.29 is 9.53 Å². The molecule has 1 heterocycles. The average molecular weight is 111 g/mol. The third kappa shape index (κ3) is 0.522. The first-order valence-corrected chi connectivity index (χ1v) is 2.92. The number of esters is 1. The largest absolute Gasteiger partial charge is 0.461 e. The Labute approximate surface area is 47.8 Å². The predicted molar refractivity (Wildman–Crippen MR) is 26.9 cm³/mol. The van der Waals surface area contributed by atoms with Gasteiger partial charge in [0.25, 0.3) is 0 Å². The van der Waals surface area contributed by atoms with Crippen LogP contribution in [0.15, 0.2) is 0 Å². The summed E-state index contributed by atoms with van der Waals surface area (Å²) in [6.07, 6.45) is 4.35. The molecule has 2 fully saturated rings. The number of hydrogen-bond donors (Lipinski definition) is 0. The molecule has 1 aliphatic carbocycles. The van der Waals surface area contributed by atoms with E-state index in [4.69, 9.17) is 4.74 Å². The highest BCUT2D eigenvalue weighted by Crippen LogP contribution is 2.39. The Kier molecular flexibility index (Phi) is 0.678. The van der Waals surface area contributed by atoms with Gasteiger partial charge in [-0.25, -0.2) is 0 Å². The second-order valence-electron chi connectivity index (χ2n) is 2.41. The fourth-order valence-electron chi connectivity index (χ4n) is 0.926. The topological polar surface area (TPSA) is 26.3 Å². The Bertz CT molecular complexity index is 118. The van der Waals surface area contributed by atoms with Crippen molar-refractivity contribution in [3.63, 3.8) is 0 Å². The van der Waals surface area contributed by atoms with E-state index in [1.165, 1.54) is 12.8 Å². The Balaban J connectivity index is 1.86. The molecule has 1 atom stereocenters. The second-order valence-corrected chi connectivity index (χ2v) is 2.41. The SMILES string of the molecule is O=C1[CH]C(C2CC2)O1. The van der Waals surface area contributed by atoms with E-state index < -0.39 is 0 Å². The van der Waals surface area contributed by atoms with Crippen LogP contribution in [0.5, 0.6) is 0 Å². The van der Waals surface area contributed by atoms with E-state index in [1.54, 1.807) is 6.42 Å². The van der Waals surface area contributed by atoms with E-state index in [0.29, 0.717) is 5.92 Å². The molecule has 0 aromatic rings. The molecule has 2 rings (SSSR count). The van der Waals surface area contributed by atoms with Gasteiger partial charge in [-0.1, -0.05) is 0 Å². The zero-order chi connectivity index (χ0) is 5.56. The normalized spacial score (nSPS) is 36.0. The summed E-state index contributed by atoms with van der Waals surface area (Å²) in [4.78, 5) is 10.2. The molecule has 2 heteroatoms. The fourth-order valence-corrected chi connectivity index (χ4v) is 0.926. The first-order chi connectivity index (χ1) is 3.86. The molecule has 1 saturated carbocycles. The maximum absolute atomic E-state index is 10.2. The highest BCUT2D eigenvalue weighted by molar-refractivity contribution is 5.85. The third-order valence-electron chi connectivity index (χ3n) is 1.64. The number of hydrogen-bond acceptors (Lipinski definition) is 2.